The summed E-state index contributed by atoms with van der Waals surface area (Å²) in [6.07, 6.45) is 7.16. The predicted molar refractivity (Wildman–Crippen MR) is 144 cm³/mol. The first-order chi connectivity index (χ1) is 17.4. The standard InChI is InChI=1S/C26H32N8OS/c1-5-36-20-9-6-17(10-27-20)11-28-24-26(35)34(13-15(2)3)25-19(32-24)12-29-23(33-25)21-16(4)30-14-31-22(21)18-7-8-18/h6,9-10,12,14-15,18,23,33H,5,7-8,11,13H2,1-4H3,(H,28,32). The fourth-order valence-electron chi connectivity index (χ4n) is 4.40. The molecular weight excluding hydrogens is 472 g/mol. The van der Waals surface area contributed by atoms with Crippen LogP contribution >= 0.6 is 11.8 Å². The third-order valence-corrected chi connectivity index (χ3v) is 7.09. The number of nitrogens with one attached hydrogen (secondary N) is 2. The van der Waals surface area contributed by atoms with Crippen molar-refractivity contribution in [2.75, 3.05) is 16.4 Å². The molecule has 10 heteroatoms. The Balaban J connectivity index is 1.45. The van der Waals surface area contributed by atoms with Crippen LogP contribution in [0.4, 0.5) is 11.6 Å². The zero-order chi connectivity index (χ0) is 25.2. The van der Waals surface area contributed by atoms with Crippen LogP contribution in [0.25, 0.3) is 0 Å². The molecule has 1 aliphatic carbocycles. The maximum Gasteiger partial charge on any atom is 0.294 e. The number of aromatic nitrogens is 5. The van der Waals surface area contributed by atoms with Crippen LogP contribution < -0.4 is 16.2 Å². The summed E-state index contributed by atoms with van der Waals surface area (Å²) < 4.78 is 1.78. The van der Waals surface area contributed by atoms with Gasteiger partial charge in [0, 0.05) is 36.5 Å². The van der Waals surface area contributed by atoms with Crippen LogP contribution in [0.2, 0.25) is 0 Å². The number of aliphatic imine (C=N–C) groups is 1. The van der Waals surface area contributed by atoms with E-state index in [4.69, 9.17) is 4.99 Å². The summed E-state index contributed by atoms with van der Waals surface area (Å²) >= 11 is 1.70. The molecule has 1 saturated carbocycles. The van der Waals surface area contributed by atoms with Crippen LogP contribution in [-0.4, -0.2) is 36.5 Å². The summed E-state index contributed by atoms with van der Waals surface area (Å²) in [5.41, 5.74) is 4.45. The number of fused-ring (bicyclic) bond motifs is 1. The van der Waals surface area contributed by atoms with Gasteiger partial charge in [-0.15, -0.1) is 11.8 Å². The quantitative estimate of drug-likeness (QED) is 0.409. The number of pyridine rings is 1. The molecular formula is C26H32N8OS. The van der Waals surface area contributed by atoms with Crippen molar-refractivity contribution in [3.05, 3.63) is 63.2 Å². The number of hydrogen-bond acceptors (Lipinski definition) is 9. The van der Waals surface area contributed by atoms with Gasteiger partial charge in [-0.3, -0.25) is 14.4 Å². The molecule has 4 heterocycles. The molecule has 1 fully saturated rings. The van der Waals surface area contributed by atoms with Gasteiger partial charge in [-0.2, -0.15) is 0 Å². The SMILES string of the molecule is CCSc1ccc(CNc2nc3c(n(CC(C)C)c2=O)NC(c2c(C)ncnc2C2CC2)N=C3)cn1. The monoisotopic (exact) mass is 504 g/mol. The molecule has 36 heavy (non-hydrogen) atoms. The highest BCUT2D eigenvalue weighted by atomic mass is 32.2. The zero-order valence-electron chi connectivity index (χ0n) is 21.2. The Morgan fingerprint density at radius 1 is 1.22 bits per heavy atom. The van der Waals surface area contributed by atoms with Crippen molar-refractivity contribution in [3.63, 3.8) is 0 Å². The van der Waals surface area contributed by atoms with Crippen LogP contribution in [0.5, 0.6) is 0 Å². The molecule has 0 radical (unpaired) electrons. The van der Waals surface area contributed by atoms with E-state index in [9.17, 15) is 4.79 Å². The molecule has 3 aromatic rings. The maximum absolute atomic E-state index is 13.5. The average molecular weight is 505 g/mol. The van der Waals surface area contributed by atoms with E-state index in [1.807, 2.05) is 25.3 Å². The van der Waals surface area contributed by atoms with Gasteiger partial charge < -0.3 is 10.6 Å². The van der Waals surface area contributed by atoms with E-state index in [1.54, 1.807) is 28.9 Å². The number of thioether (sulfide) groups is 1. The molecule has 0 amide bonds. The van der Waals surface area contributed by atoms with Crippen molar-refractivity contribution in [3.8, 4) is 0 Å². The number of nitrogens with zero attached hydrogens (tertiary/aromatic N) is 6. The molecule has 1 aliphatic heterocycles. The largest absolute Gasteiger partial charge is 0.361 e. The smallest absolute Gasteiger partial charge is 0.294 e. The Labute approximate surface area is 215 Å². The van der Waals surface area contributed by atoms with Crippen molar-refractivity contribution in [2.24, 2.45) is 10.9 Å². The lowest BCUT2D eigenvalue weighted by Crippen LogP contribution is -2.33. The predicted octanol–water partition coefficient (Wildman–Crippen LogP) is 4.54. The highest BCUT2D eigenvalue weighted by Gasteiger charge is 2.33. The number of rotatable bonds is 9. The summed E-state index contributed by atoms with van der Waals surface area (Å²) in [5, 5.41) is 7.72. The zero-order valence-corrected chi connectivity index (χ0v) is 22.0. The number of anilines is 2. The van der Waals surface area contributed by atoms with Crippen molar-refractivity contribution in [2.45, 2.75) is 70.7 Å². The van der Waals surface area contributed by atoms with Crippen LogP contribution in [0.15, 0.2) is 39.5 Å². The highest BCUT2D eigenvalue weighted by Crippen LogP contribution is 2.43. The fourth-order valence-corrected chi connectivity index (χ4v) is 4.99. The molecule has 0 spiro atoms. The van der Waals surface area contributed by atoms with Crippen LogP contribution in [-0.2, 0) is 13.1 Å². The molecule has 0 bridgehead atoms. The van der Waals surface area contributed by atoms with E-state index in [0.29, 0.717) is 36.3 Å². The summed E-state index contributed by atoms with van der Waals surface area (Å²) in [6, 6.07) is 4.03. The summed E-state index contributed by atoms with van der Waals surface area (Å²) in [5.74, 6) is 2.72. The Kier molecular flexibility index (Phi) is 7.04. The van der Waals surface area contributed by atoms with Gasteiger partial charge in [0.05, 0.1) is 16.9 Å². The molecule has 1 atom stereocenters. The third kappa shape index (κ3) is 5.13. The van der Waals surface area contributed by atoms with Gasteiger partial charge in [-0.25, -0.2) is 19.9 Å². The van der Waals surface area contributed by atoms with E-state index in [0.717, 1.165) is 46.1 Å². The molecule has 9 nitrogen and oxygen atoms in total. The minimum atomic E-state index is -0.349. The second kappa shape index (κ2) is 10.4. The fraction of sp³-hybridized carbons (Fsp3) is 0.462. The van der Waals surface area contributed by atoms with Gasteiger partial charge in [0.15, 0.2) is 5.82 Å². The van der Waals surface area contributed by atoms with Gasteiger partial charge in [-0.1, -0.05) is 26.8 Å². The van der Waals surface area contributed by atoms with E-state index in [-0.39, 0.29) is 17.6 Å². The van der Waals surface area contributed by atoms with E-state index in [1.165, 1.54) is 0 Å². The summed E-state index contributed by atoms with van der Waals surface area (Å²) in [7, 11) is 0. The van der Waals surface area contributed by atoms with Crippen molar-refractivity contribution in [1.29, 1.82) is 0 Å². The lowest BCUT2D eigenvalue weighted by atomic mass is 10.0. The first kappa shape index (κ1) is 24.4. The van der Waals surface area contributed by atoms with Crippen molar-refractivity contribution < 1.29 is 0 Å². The lowest BCUT2D eigenvalue weighted by Gasteiger charge is -2.27. The first-order valence-electron chi connectivity index (χ1n) is 12.5. The van der Waals surface area contributed by atoms with E-state index in [2.05, 4.69) is 51.3 Å². The van der Waals surface area contributed by atoms with Crippen molar-refractivity contribution >= 4 is 29.6 Å². The van der Waals surface area contributed by atoms with E-state index < -0.39 is 0 Å². The lowest BCUT2D eigenvalue weighted by molar-refractivity contribution is 0.510. The topological polar surface area (TPSA) is 110 Å². The Bertz CT molecular complexity index is 1330. The normalized spacial score (nSPS) is 16.6. The second-order valence-electron chi connectivity index (χ2n) is 9.65. The molecule has 2 N–H and O–H groups in total. The number of hydrogen-bond donors (Lipinski definition) is 2. The third-order valence-electron chi connectivity index (χ3n) is 6.26. The van der Waals surface area contributed by atoms with Crippen molar-refractivity contribution in [1.82, 2.24) is 24.5 Å². The van der Waals surface area contributed by atoms with Crippen LogP contribution in [0, 0.1) is 12.8 Å². The Hall–Kier alpha value is -3.27. The molecule has 0 aromatic carbocycles. The first-order valence-corrected chi connectivity index (χ1v) is 13.5. The molecule has 1 unspecified atom stereocenters. The molecule has 2 aliphatic rings. The minimum Gasteiger partial charge on any atom is -0.361 e. The molecule has 188 valence electrons. The molecule has 0 saturated heterocycles. The number of aryl methyl sites for hydroxylation is 1. The van der Waals surface area contributed by atoms with Gasteiger partial charge in [0.2, 0.25) is 0 Å². The summed E-state index contributed by atoms with van der Waals surface area (Å²) in [4.78, 5) is 36.4. The molecule has 5 rings (SSSR count). The van der Waals surface area contributed by atoms with Gasteiger partial charge in [-0.05, 0) is 43.1 Å². The van der Waals surface area contributed by atoms with Crippen LogP contribution in [0.1, 0.15) is 73.9 Å². The molecule has 3 aromatic heterocycles. The van der Waals surface area contributed by atoms with Crippen LogP contribution in [0.3, 0.4) is 0 Å². The minimum absolute atomic E-state index is 0.154. The van der Waals surface area contributed by atoms with Gasteiger partial charge >= 0.3 is 0 Å². The van der Waals surface area contributed by atoms with Gasteiger partial charge in [0.1, 0.15) is 24.0 Å². The Morgan fingerprint density at radius 2 is 2.06 bits per heavy atom. The second-order valence-corrected chi connectivity index (χ2v) is 10.9. The summed E-state index contributed by atoms with van der Waals surface area (Å²) in [6.45, 7) is 9.32. The Morgan fingerprint density at radius 3 is 2.75 bits per heavy atom. The maximum atomic E-state index is 13.5. The highest BCUT2D eigenvalue weighted by molar-refractivity contribution is 7.99. The average Bonchev–Trinajstić information content (AvgIpc) is 3.71. The van der Waals surface area contributed by atoms with E-state index >= 15 is 0 Å². The van der Waals surface area contributed by atoms with Gasteiger partial charge in [0.25, 0.3) is 5.56 Å².